The van der Waals surface area contributed by atoms with E-state index in [1.165, 1.54) is 4.90 Å². The van der Waals surface area contributed by atoms with Gasteiger partial charge in [-0.15, -0.1) is 0 Å². The smallest absolute Gasteiger partial charge is 0.254 e. The summed E-state index contributed by atoms with van der Waals surface area (Å²) >= 11 is 0. The summed E-state index contributed by atoms with van der Waals surface area (Å²) in [6.45, 7) is 4.77. The van der Waals surface area contributed by atoms with Gasteiger partial charge in [-0.25, -0.2) is 0 Å². The van der Waals surface area contributed by atoms with Crippen LogP contribution in [0.4, 0.5) is 0 Å². The van der Waals surface area contributed by atoms with Gasteiger partial charge in [-0.2, -0.15) is 0 Å². The molecule has 0 aliphatic rings. The Morgan fingerprint density at radius 2 is 1.83 bits per heavy atom. The maximum Gasteiger partial charge on any atom is 0.254 e. The first-order chi connectivity index (χ1) is 8.50. The van der Waals surface area contributed by atoms with E-state index in [1.807, 2.05) is 19.9 Å². The molecule has 4 nitrogen and oxygen atoms in total. The average Bonchev–Trinajstić information content (AvgIpc) is 2.36. The van der Waals surface area contributed by atoms with Crippen molar-refractivity contribution in [1.82, 2.24) is 10.2 Å². The number of nitrogens with one attached hydrogen (secondary N) is 1. The van der Waals surface area contributed by atoms with Gasteiger partial charge in [0.25, 0.3) is 5.91 Å². The molecule has 0 heterocycles. The maximum absolute atomic E-state index is 12.0. The number of hydrogen-bond donors (Lipinski definition) is 1. The average molecular weight is 248 g/mol. The van der Waals surface area contributed by atoms with Gasteiger partial charge in [0, 0.05) is 19.2 Å². The molecule has 0 saturated heterocycles. The van der Waals surface area contributed by atoms with E-state index in [0.717, 1.165) is 0 Å². The molecule has 0 bridgehead atoms. The molecule has 0 spiro atoms. The van der Waals surface area contributed by atoms with Crippen LogP contribution in [0.3, 0.4) is 0 Å². The van der Waals surface area contributed by atoms with Crippen molar-refractivity contribution in [3.8, 4) is 0 Å². The third kappa shape index (κ3) is 4.57. The van der Waals surface area contributed by atoms with E-state index in [-0.39, 0.29) is 18.4 Å². The molecule has 1 N–H and O–H groups in total. The van der Waals surface area contributed by atoms with E-state index in [4.69, 9.17) is 0 Å². The van der Waals surface area contributed by atoms with Crippen LogP contribution in [0.2, 0.25) is 0 Å². The van der Waals surface area contributed by atoms with Crippen LogP contribution in [0.25, 0.3) is 0 Å². The van der Waals surface area contributed by atoms with Crippen molar-refractivity contribution in [2.24, 2.45) is 5.92 Å². The van der Waals surface area contributed by atoms with Gasteiger partial charge in [-0.05, 0) is 18.1 Å². The van der Waals surface area contributed by atoms with Crippen molar-refractivity contribution in [1.29, 1.82) is 0 Å². The summed E-state index contributed by atoms with van der Waals surface area (Å²) < 4.78 is 0. The summed E-state index contributed by atoms with van der Waals surface area (Å²) in [4.78, 5) is 25.0. The third-order valence-electron chi connectivity index (χ3n) is 2.46. The molecule has 0 radical (unpaired) electrons. The summed E-state index contributed by atoms with van der Waals surface area (Å²) in [5, 5.41) is 2.79. The van der Waals surface area contributed by atoms with Crippen LogP contribution in [0, 0.1) is 5.92 Å². The zero-order valence-electron chi connectivity index (χ0n) is 11.1. The summed E-state index contributed by atoms with van der Waals surface area (Å²) in [5.74, 6) is 0.134. The number of likely N-dealkylation sites (N-methyl/N-ethyl adjacent to an activating group) is 1. The number of carbonyl (C=O) groups excluding carboxylic acids is 2. The fourth-order valence-electron chi connectivity index (χ4n) is 1.46. The molecule has 2 amide bonds. The lowest BCUT2D eigenvalue weighted by Gasteiger charge is -2.17. The second-order valence-corrected chi connectivity index (χ2v) is 4.73. The molecule has 4 heteroatoms. The first kappa shape index (κ1) is 14.2. The Morgan fingerprint density at radius 1 is 1.22 bits per heavy atom. The van der Waals surface area contributed by atoms with E-state index < -0.39 is 0 Å². The number of hydrogen-bond acceptors (Lipinski definition) is 2. The lowest BCUT2D eigenvalue weighted by molar-refractivity contribution is -0.121. The Labute approximate surface area is 108 Å². The van der Waals surface area contributed by atoms with Crippen LogP contribution < -0.4 is 5.32 Å². The van der Waals surface area contributed by atoms with Crippen LogP contribution in [-0.4, -0.2) is 36.9 Å². The van der Waals surface area contributed by atoms with Crippen molar-refractivity contribution >= 4 is 11.8 Å². The van der Waals surface area contributed by atoms with E-state index in [2.05, 4.69) is 5.32 Å². The fraction of sp³-hybridized carbons (Fsp3) is 0.429. The van der Waals surface area contributed by atoms with Gasteiger partial charge in [0.15, 0.2) is 0 Å². The van der Waals surface area contributed by atoms with E-state index in [1.54, 1.807) is 31.3 Å². The molecule has 0 saturated carbocycles. The summed E-state index contributed by atoms with van der Waals surface area (Å²) in [5.41, 5.74) is 0.594. The van der Waals surface area contributed by atoms with Crippen LogP contribution in [0.1, 0.15) is 24.2 Å². The van der Waals surface area contributed by atoms with Crippen LogP contribution >= 0.6 is 0 Å². The van der Waals surface area contributed by atoms with E-state index in [0.29, 0.717) is 18.0 Å². The van der Waals surface area contributed by atoms with Crippen molar-refractivity contribution in [2.75, 3.05) is 20.1 Å². The van der Waals surface area contributed by atoms with Gasteiger partial charge >= 0.3 is 0 Å². The molecule has 0 aliphatic heterocycles. The Morgan fingerprint density at radius 3 is 2.39 bits per heavy atom. The van der Waals surface area contributed by atoms with Crippen molar-refractivity contribution < 1.29 is 9.59 Å². The molecule has 0 fully saturated rings. The minimum absolute atomic E-state index is 0.0838. The number of nitrogens with zero attached hydrogens (tertiary/aromatic N) is 1. The third-order valence-corrected chi connectivity index (χ3v) is 2.46. The van der Waals surface area contributed by atoms with Gasteiger partial charge in [0.2, 0.25) is 5.91 Å². The Hall–Kier alpha value is -1.84. The molecule has 98 valence electrons. The summed E-state index contributed by atoms with van der Waals surface area (Å²) in [7, 11) is 1.63. The predicted octanol–water partition coefficient (Wildman–Crippen LogP) is 1.53. The zero-order valence-corrected chi connectivity index (χ0v) is 11.1. The standard InChI is InChI=1S/C14H20N2O2/c1-11(2)9-15-13(17)10-16(3)14(18)12-7-5-4-6-8-12/h4-8,11H,9-10H2,1-3H3,(H,15,17). The lowest BCUT2D eigenvalue weighted by Crippen LogP contribution is -2.39. The molecule has 1 rings (SSSR count). The number of carbonyl (C=O) groups is 2. The Bertz CT molecular complexity index is 402. The van der Waals surface area contributed by atoms with E-state index >= 15 is 0 Å². The molecule has 1 aromatic carbocycles. The van der Waals surface area contributed by atoms with Gasteiger partial charge in [0.1, 0.15) is 0 Å². The molecular formula is C14H20N2O2. The second kappa shape index (κ2) is 6.79. The highest BCUT2D eigenvalue weighted by Crippen LogP contribution is 2.02. The first-order valence-electron chi connectivity index (χ1n) is 6.08. The SMILES string of the molecule is CC(C)CNC(=O)CN(C)C(=O)c1ccccc1. The van der Waals surface area contributed by atoms with Crippen LogP contribution in [0.5, 0.6) is 0 Å². The van der Waals surface area contributed by atoms with Gasteiger partial charge in [0.05, 0.1) is 6.54 Å². The highest BCUT2D eigenvalue weighted by Gasteiger charge is 2.14. The normalized spacial score (nSPS) is 10.2. The quantitative estimate of drug-likeness (QED) is 0.859. The Balaban J connectivity index is 2.48. The minimum Gasteiger partial charge on any atom is -0.354 e. The van der Waals surface area contributed by atoms with Gasteiger partial charge in [-0.1, -0.05) is 32.0 Å². The zero-order chi connectivity index (χ0) is 13.5. The fourth-order valence-corrected chi connectivity index (χ4v) is 1.46. The minimum atomic E-state index is -0.143. The molecule has 0 aromatic heterocycles. The Kier molecular flexibility index (Phi) is 5.36. The molecule has 18 heavy (non-hydrogen) atoms. The molecule has 0 aliphatic carbocycles. The summed E-state index contributed by atoms with van der Waals surface area (Å²) in [6, 6.07) is 8.95. The van der Waals surface area contributed by atoms with Crippen LogP contribution in [0.15, 0.2) is 30.3 Å². The number of benzene rings is 1. The lowest BCUT2D eigenvalue weighted by atomic mass is 10.2. The molecule has 1 aromatic rings. The predicted molar refractivity (Wildman–Crippen MR) is 71.3 cm³/mol. The summed E-state index contributed by atoms with van der Waals surface area (Å²) in [6.07, 6.45) is 0. The van der Waals surface area contributed by atoms with Gasteiger partial charge < -0.3 is 10.2 Å². The highest BCUT2D eigenvalue weighted by atomic mass is 16.2. The monoisotopic (exact) mass is 248 g/mol. The largest absolute Gasteiger partial charge is 0.354 e. The molecule has 0 unspecified atom stereocenters. The number of amides is 2. The highest BCUT2D eigenvalue weighted by molar-refractivity contribution is 5.96. The van der Waals surface area contributed by atoms with Crippen LogP contribution in [-0.2, 0) is 4.79 Å². The first-order valence-corrected chi connectivity index (χ1v) is 6.08. The molecule has 0 atom stereocenters. The second-order valence-electron chi connectivity index (χ2n) is 4.73. The van der Waals surface area contributed by atoms with Crippen molar-refractivity contribution in [3.05, 3.63) is 35.9 Å². The van der Waals surface area contributed by atoms with E-state index in [9.17, 15) is 9.59 Å². The van der Waals surface area contributed by atoms with Crippen molar-refractivity contribution in [2.45, 2.75) is 13.8 Å². The topological polar surface area (TPSA) is 49.4 Å². The number of rotatable bonds is 5. The molecular weight excluding hydrogens is 228 g/mol. The van der Waals surface area contributed by atoms with Gasteiger partial charge in [-0.3, -0.25) is 9.59 Å². The van der Waals surface area contributed by atoms with Crippen molar-refractivity contribution in [3.63, 3.8) is 0 Å². The maximum atomic E-state index is 12.0.